The Morgan fingerprint density at radius 3 is 2.74 bits per heavy atom. The summed E-state index contributed by atoms with van der Waals surface area (Å²) < 4.78 is 6.79. The Kier molecular flexibility index (Phi) is 4.18. The number of rotatable bonds is 4. The van der Waals surface area contributed by atoms with Crippen molar-refractivity contribution in [3.05, 3.63) is 48.5 Å². The highest BCUT2D eigenvalue weighted by Gasteiger charge is 2.10. The molecule has 0 aliphatic rings. The van der Waals surface area contributed by atoms with Gasteiger partial charge in [0, 0.05) is 12.4 Å². The molecule has 0 aliphatic carbocycles. The van der Waals surface area contributed by atoms with Crippen molar-refractivity contribution < 1.29 is 9.53 Å². The average molecular weight is 259 g/mol. The molecule has 0 aliphatic heterocycles. The Morgan fingerprint density at radius 1 is 1.42 bits per heavy atom. The number of nitrogens with zero attached hydrogens (tertiary/aromatic N) is 2. The van der Waals surface area contributed by atoms with E-state index in [-0.39, 0.29) is 12.1 Å². The lowest BCUT2D eigenvalue weighted by molar-refractivity contribution is 0.239. The highest BCUT2D eigenvalue weighted by molar-refractivity contribution is 5.76. The summed E-state index contributed by atoms with van der Waals surface area (Å²) in [6, 6.07) is 7.43. The summed E-state index contributed by atoms with van der Waals surface area (Å²) in [5.74, 6) is 0.833. The predicted octanol–water partition coefficient (Wildman–Crippen LogP) is 2.60. The first-order valence-corrected chi connectivity index (χ1v) is 6.22. The zero-order valence-electron chi connectivity index (χ0n) is 11.0. The minimum atomic E-state index is -0.195. The van der Waals surface area contributed by atoms with Gasteiger partial charge in [-0.2, -0.15) is 0 Å². The largest absolute Gasteiger partial charge is 0.494 e. The van der Waals surface area contributed by atoms with Crippen molar-refractivity contribution in [1.82, 2.24) is 14.9 Å². The normalized spacial score (nSPS) is 11.9. The molecule has 0 bridgehead atoms. The Balaban J connectivity index is 1.99. The molecule has 0 fully saturated rings. The van der Waals surface area contributed by atoms with Gasteiger partial charge in [0.15, 0.2) is 0 Å². The van der Waals surface area contributed by atoms with Crippen LogP contribution in [0.2, 0.25) is 0 Å². The van der Waals surface area contributed by atoms with Gasteiger partial charge in [-0.05, 0) is 31.5 Å². The van der Waals surface area contributed by atoms with Crippen LogP contribution in [0.5, 0.6) is 5.75 Å². The van der Waals surface area contributed by atoms with Gasteiger partial charge in [0.2, 0.25) is 0 Å². The number of carbonyl (C=O) groups excluding carboxylic acids is 1. The predicted molar refractivity (Wildman–Crippen MR) is 72.2 cm³/mol. The van der Waals surface area contributed by atoms with Crippen LogP contribution in [0.1, 0.15) is 25.5 Å². The summed E-state index contributed by atoms with van der Waals surface area (Å²) in [5.41, 5.74) is 1.02. The topological polar surface area (TPSA) is 56.1 Å². The average Bonchev–Trinajstić information content (AvgIpc) is 2.94. The van der Waals surface area contributed by atoms with Crippen molar-refractivity contribution in [2.45, 2.75) is 19.9 Å². The number of ether oxygens (including phenoxy) is 1. The number of imidazole rings is 1. The van der Waals surface area contributed by atoms with E-state index in [4.69, 9.17) is 4.74 Å². The zero-order chi connectivity index (χ0) is 13.7. The number of benzene rings is 1. The highest BCUT2D eigenvalue weighted by atomic mass is 16.5. The minimum absolute atomic E-state index is 0.0782. The lowest BCUT2D eigenvalue weighted by Gasteiger charge is -2.14. The molecule has 2 aromatic rings. The molecule has 0 saturated heterocycles. The van der Waals surface area contributed by atoms with Crippen LogP contribution in [-0.4, -0.2) is 22.2 Å². The smallest absolute Gasteiger partial charge is 0.327 e. The van der Waals surface area contributed by atoms with E-state index in [1.165, 1.54) is 10.9 Å². The molecule has 5 nitrogen and oxygen atoms in total. The molecule has 1 aromatic carbocycles. The Morgan fingerprint density at radius 2 is 2.16 bits per heavy atom. The van der Waals surface area contributed by atoms with E-state index in [9.17, 15) is 4.79 Å². The summed E-state index contributed by atoms with van der Waals surface area (Å²) in [6.45, 7) is 4.53. The second kappa shape index (κ2) is 6.04. The number of carbonyl (C=O) groups is 1. The minimum Gasteiger partial charge on any atom is -0.494 e. The van der Waals surface area contributed by atoms with E-state index in [2.05, 4.69) is 10.3 Å². The molecule has 5 heteroatoms. The molecule has 1 unspecified atom stereocenters. The molecule has 100 valence electrons. The molecule has 19 heavy (non-hydrogen) atoms. The summed E-state index contributed by atoms with van der Waals surface area (Å²) in [6.07, 6.45) is 4.65. The summed E-state index contributed by atoms with van der Waals surface area (Å²) in [5, 5.41) is 2.89. The van der Waals surface area contributed by atoms with E-state index in [1.807, 2.05) is 38.1 Å². The third-order valence-corrected chi connectivity index (χ3v) is 2.77. The fraction of sp³-hybridized carbons (Fsp3) is 0.286. The molecular weight excluding hydrogens is 242 g/mol. The van der Waals surface area contributed by atoms with Crippen LogP contribution in [-0.2, 0) is 0 Å². The maximum atomic E-state index is 11.8. The van der Waals surface area contributed by atoms with E-state index in [1.54, 1.807) is 12.4 Å². The second-order valence-corrected chi connectivity index (χ2v) is 4.14. The summed E-state index contributed by atoms with van der Waals surface area (Å²) >= 11 is 0. The third kappa shape index (κ3) is 3.34. The van der Waals surface area contributed by atoms with Crippen LogP contribution >= 0.6 is 0 Å². The number of amides is 1. The van der Waals surface area contributed by atoms with Crippen molar-refractivity contribution in [2.75, 3.05) is 6.61 Å². The van der Waals surface area contributed by atoms with E-state index in [0.29, 0.717) is 6.61 Å². The molecule has 1 amide bonds. The van der Waals surface area contributed by atoms with E-state index < -0.39 is 0 Å². The van der Waals surface area contributed by atoms with Crippen LogP contribution in [0.3, 0.4) is 0 Å². The van der Waals surface area contributed by atoms with Crippen molar-refractivity contribution in [3.63, 3.8) is 0 Å². The molecule has 1 N–H and O–H groups in total. The SMILES string of the molecule is CCOc1ccc(C(C)NC(=O)n2ccnc2)cc1. The van der Waals surface area contributed by atoms with Gasteiger partial charge in [0.05, 0.1) is 12.6 Å². The highest BCUT2D eigenvalue weighted by Crippen LogP contribution is 2.17. The molecule has 1 heterocycles. The van der Waals surface area contributed by atoms with Gasteiger partial charge in [-0.25, -0.2) is 9.78 Å². The van der Waals surface area contributed by atoms with Crippen LogP contribution in [0.15, 0.2) is 43.0 Å². The molecule has 1 atom stereocenters. The Hall–Kier alpha value is -2.30. The van der Waals surface area contributed by atoms with Gasteiger partial charge in [-0.1, -0.05) is 12.1 Å². The first kappa shape index (κ1) is 13.1. The van der Waals surface area contributed by atoms with Crippen molar-refractivity contribution in [1.29, 1.82) is 0 Å². The van der Waals surface area contributed by atoms with Gasteiger partial charge in [-0.3, -0.25) is 4.57 Å². The summed E-state index contributed by atoms with van der Waals surface area (Å²) in [7, 11) is 0. The maximum absolute atomic E-state index is 11.8. The quantitative estimate of drug-likeness (QED) is 0.918. The molecule has 1 aromatic heterocycles. The van der Waals surface area contributed by atoms with Gasteiger partial charge in [-0.15, -0.1) is 0 Å². The van der Waals surface area contributed by atoms with Crippen LogP contribution in [0, 0.1) is 0 Å². The first-order valence-electron chi connectivity index (χ1n) is 6.22. The van der Waals surface area contributed by atoms with E-state index >= 15 is 0 Å². The molecule has 2 rings (SSSR count). The maximum Gasteiger partial charge on any atom is 0.327 e. The first-order chi connectivity index (χ1) is 9.20. The second-order valence-electron chi connectivity index (χ2n) is 4.14. The lowest BCUT2D eigenvalue weighted by Crippen LogP contribution is -2.30. The van der Waals surface area contributed by atoms with Crippen molar-refractivity contribution in [3.8, 4) is 5.75 Å². The van der Waals surface area contributed by atoms with Crippen molar-refractivity contribution >= 4 is 6.03 Å². The standard InChI is InChI=1S/C14H17N3O2/c1-3-19-13-6-4-12(5-7-13)11(2)16-14(18)17-9-8-15-10-17/h4-11H,3H2,1-2H3,(H,16,18). The molecule has 0 spiro atoms. The van der Waals surface area contributed by atoms with Crippen LogP contribution in [0.25, 0.3) is 0 Å². The van der Waals surface area contributed by atoms with Gasteiger partial charge >= 0.3 is 6.03 Å². The monoisotopic (exact) mass is 259 g/mol. The molecule has 0 radical (unpaired) electrons. The van der Waals surface area contributed by atoms with E-state index in [0.717, 1.165) is 11.3 Å². The number of nitrogens with one attached hydrogen (secondary N) is 1. The summed E-state index contributed by atoms with van der Waals surface area (Å²) in [4.78, 5) is 15.7. The third-order valence-electron chi connectivity index (χ3n) is 2.77. The van der Waals surface area contributed by atoms with Gasteiger partial charge in [0.1, 0.15) is 12.1 Å². The molecule has 0 saturated carbocycles. The fourth-order valence-electron chi connectivity index (χ4n) is 1.74. The molecular formula is C14H17N3O2. The van der Waals surface area contributed by atoms with Crippen molar-refractivity contribution in [2.24, 2.45) is 0 Å². The fourth-order valence-corrected chi connectivity index (χ4v) is 1.74. The van der Waals surface area contributed by atoms with Gasteiger partial charge in [0.25, 0.3) is 0 Å². The van der Waals surface area contributed by atoms with Gasteiger partial charge < -0.3 is 10.1 Å². The number of aromatic nitrogens is 2. The Bertz CT molecular complexity index is 520. The number of hydrogen-bond acceptors (Lipinski definition) is 3. The Labute approximate surface area is 112 Å². The lowest BCUT2D eigenvalue weighted by atomic mass is 10.1. The van der Waals surface area contributed by atoms with Crippen LogP contribution in [0.4, 0.5) is 4.79 Å². The van der Waals surface area contributed by atoms with Crippen LogP contribution < -0.4 is 10.1 Å². The number of hydrogen-bond donors (Lipinski definition) is 1. The zero-order valence-corrected chi connectivity index (χ0v) is 11.0.